The van der Waals surface area contributed by atoms with Crippen LogP contribution in [0.3, 0.4) is 0 Å². The first-order valence-corrected chi connectivity index (χ1v) is 6.34. The molecule has 1 N–H and O–H groups in total. The lowest BCUT2D eigenvalue weighted by atomic mass is 10.3. The van der Waals surface area contributed by atoms with Gasteiger partial charge in [0, 0.05) is 24.7 Å². The van der Waals surface area contributed by atoms with E-state index >= 15 is 0 Å². The average molecular weight is 251 g/mol. The van der Waals surface area contributed by atoms with Crippen molar-refractivity contribution in [1.29, 1.82) is 0 Å². The summed E-state index contributed by atoms with van der Waals surface area (Å²) in [5, 5.41) is 12.5. The maximum absolute atomic E-state index is 11.8. The van der Waals surface area contributed by atoms with Crippen molar-refractivity contribution in [2.45, 2.75) is 25.4 Å². The first-order chi connectivity index (χ1) is 8.16. The third kappa shape index (κ3) is 3.42. The van der Waals surface area contributed by atoms with Crippen LogP contribution in [0.5, 0.6) is 0 Å². The van der Waals surface area contributed by atoms with Crippen molar-refractivity contribution in [3.05, 3.63) is 34.5 Å². The van der Waals surface area contributed by atoms with Crippen LogP contribution in [-0.2, 0) is 16.1 Å². The van der Waals surface area contributed by atoms with Gasteiger partial charge in [-0.1, -0.05) is 0 Å². The monoisotopic (exact) mass is 251 g/mol. The van der Waals surface area contributed by atoms with E-state index in [2.05, 4.69) is 0 Å². The van der Waals surface area contributed by atoms with E-state index in [1.165, 1.54) is 0 Å². The number of carboxylic acids is 1. The van der Waals surface area contributed by atoms with Crippen LogP contribution in [-0.4, -0.2) is 27.9 Å². The number of carboxylic acid groups (broad SMARTS) is 1. The van der Waals surface area contributed by atoms with Crippen LogP contribution >= 0.6 is 11.3 Å². The number of rotatable bonds is 5. The zero-order valence-corrected chi connectivity index (χ0v) is 10.0. The fraction of sp³-hybridized carbons (Fsp3) is 0.333. The van der Waals surface area contributed by atoms with Crippen molar-refractivity contribution in [2.75, 3.05) is 0 Å². The predicted octanol–water partition coefficient (Wildman–Crippen LogP) is 1.88. The minimum absolute atomic E-state index is 0.221. The van der Waals surface area contributed by atoms with Gasteiger partial charge < -0.3 is 10.0 Å². The van der Waals surface area contributed by atoms with Crippen LogP contribution in [0.1, 0.15) is 18.4 Å². The third-order valence-corrected chi connectivity index (χ3v) is 3.30. The van der Waals surface area contributed by atoms with Crippen molar-refractivity contribution >= 4 is 23.2 Å². The second-order valence-electron chi connectivity index (χ2n) is 4.00. The first-order valence-electron chi connectivity index (χ1n) is 5.39. The summed E-state index contributed by atoms with van der Waals surface area (Å²) in [6, 6.07) is 2.26. The van der Waals surface area contributed by atoms with Gasteiger partial charge in [0.1, 0.15) is 0 Å². The summed E-state index contributed by atoms with van der Waals surface area (Å²) in [7, 11) is 0. The summed E-state index contributed by atoms with van der Waals surface area (Å²) in [6.07, 6.45) is 4.05. The van der Waals surface area contributed by atoms with Gasteiger partial charge in [-0.05, 0) is 35.2 Å². The van der Waals surface area contributed by atoms with E-state index in [1.54, 1.807) is 16.2 Å². The van der Waals surface area contributed by atoms with E-state index in [1.807, 2.05) is 16.8 Å². The Balaban J connectivity index is 2.02. The molecule has 0 aromatic carbocycles. The molecule has 0 spiro atoms. The number of carbonyl (C=O) groups excluding carboxylic acids is 1. The summed E-state index contributed by atoms with van der Waals surface area (Å²) < 4.78 is 0. The number of carbonyl (C=O) groups is 2. The Morgan fingerprint density at radius 2 is 2.24 bits per heavy atom. The van der Waals surface area contributed by atoms with E-state index in [4.69, 9.17) is 5.11 Å². The summed E-state index contributed by atoms with van der Waals surface area (Å²) in [5.74, 6) is -1.31. The predicted molar refractivity (Wildman–Crippen MR) is 64.7 cm³/mol. The second-order valence-corrected chi connectivity index (χ2v) is 4.78. The lowest BCUT2D eigenvalue weighted by Gasteiger charge is -2.20. The molecule has 0 atom stereocenters. The van der Waals surface area contributed by atoms with Crippen LogP contribution in [0.4, 0.5) is 0 Å². The minimum atomic E-state index is -1.09. The van der Waals surface area contributed by atoms with Crippen molar-refractivity contribution in [2.24, 2.45) is 0 Å². The number of amides is 1. The summed E-state index contributed by atoms with van der Waals surface area (Å²) >= 11 is 1.59. The van der Waals surface area contributed by atoms with Crippen LogP contribution in [0.15, 0.2) is 29.0 Å². The minimum Gasteiger partial charge on any atom is -0.478 e. The van der Waals surface area contributed by atoms with Crippen LogP contribution < -0.4 is 0 Å². The Kier molecular flexibility index (Phi) is 3.58. The highest BCUT2D eigenvalue weighted by atomic mass is 32.1. The zero-order valence-electron chi connectivity index (χ0n) is 9.20. The largest absolute Gasteiger partial charge is 0.478 e. The van der Waals surface area contributed by atoms with E-state index in [0.29, 0.717) is 6.54 Å². The van der Waals surface area contributed by atoms with Gasteiger partial charge in [-0.15, -0.1) is 0 Å². The van der Waals surface area contributed by atoms with E-state index < -0.39 is 5.97 Å². The Morgan fingerprint density at radius 3 is 2.76 bits per heavy atom. The number of thiophene rings is 1. The fourth-order valence-corrected chi connectivity index (χ4v) is 2.25. The molecule has 4 nitrogen and oxygen atoms in total. The average Bonchev–Trinajstić information content (AvgIpc) is 3.00. The van der Waals surface area contributed by atoms with Crippen molar-refractivity contribution in [1.82, 2.24) is 4.90 Å². The molecule has 1 aliphatic rings. The van der Waals surface area contributed by atoms with Crippen molar-refractivity contribution < 1.29 is 14.7 Å². The van der Waals surface area contributed by atoms with Gasteiger partial charge in [0.25, 0.3) is 0 Å². The lowest BCUT2D eigenvalue weighted by molar-refractivity contribution is -0.132. The number of hydrogen-bond acceptors (Lipinski definition) is 3. The third-order valence-electron chi connectivity index (χ3n) is 2.57. The van der Waals surface area contributed by atoms with Gasteiger partial charge in [-0.2, -0.15) is 11.3 Å². The maximum Gasteiger partial charge on any atom is 0.328 e. The van der Waals surface area contributed by atoms with Gasteiger partial charge >= 0.3 is 5.97 Å². The highest BCUT2D eigenvalue weighted by Crippen LogP contribution is 2.28. The summed E-state index contributed by atoms with van der Waals surface area (Å²) in [4.78, 5) is 23.9. The highest BCUT2D eigenvalue weighted by molar-refractivity contribution is 7.07. The fourth-order valence-electron chi connectivity index (χ4n) is 1.59. The molecule has 5 heteroatoms. The van der Waals surface area contributed by atoms with Crippen LogP contribution in [0.2, 0.25) is 0 Å². The Bertz CT molecular complexity index is 435. The number of hydrogen-bond donors (Lipinski definition) is 1. The van der Waals surface area contributed by atoms with Gasteiger partial charge in [0.05, 0.1) is 0 Å². The maximum atomic E-state index is 11.8. The second kappa shape index (κ2) is 5.14. The van der Waals surface area contributed by atoms with E-state index in [0.717, 1.165) is 30.6 Å². The number of aliphatic carboxylic acids is 1. The number of nitrogens with zero attached hydrogens (tertiary/aromatic N) is 1. The zero-order chi connectivity index (χ0) is 12.3. The molecule has 0 unspecified atom stereocenters. The molecule has 1 aromatic rings. The van der Waals surface area contributed by atoms with Crippen LogP contribution in [0, 0.1) is 0 Å². The molecule has 1 amide bonds. The summed E-state index contributed by atoms with van der Waals surface area (Å²) in [6.45, 7) is 0.566. The smallest absolute Gasteiger partial charge is 0.328 e. The Morgan fingerprint density at radius 1 is 1.47 bits per heavy atom. The topological polar surface area (TPSA) is 57.6 Å². The van der Waals surface area contributed by atoms with Gasteiger partial charge in [0.2, 0.25) is 5.91 Å². The van der Waals surface area contributed by atoms with Crippen molar-refractivity contribution in [3.8, 4) is 0 Å². The molecule has 1 aromatic heterocycles. The molecule has 17 heavy (non-hydrogen) atoms. The van der Waals surface area contributed by atoms with Gasteiger partial charge in [0.15, 0.2) is 0 Å². The molecule has 0 radical (unpaired) electrons. The molecule has 0 aliphatic heterocycles. The standard InChI is InChI=1S/C12H13NO3S/c14-11(3-4-12(15)16)13(10-1-2-10)7-9-5-6-17-8-9/h3-6,8,10H,1-2,7H2,(H,15,16). The van der Waals surface area contributed by atoms with Crippen LogP contribution in [0.25, 0.3) is 0 Å². The van der Waals surface area contributed by atoms with Gasteiger partial charge in [-0.25, -0.2) is 4.79 Å². The first kappa shape index (κ1) is 11.9. The van der Waals surface area contributed by atoms with E-state index in [-0.39, 0.29) is 11.9 Å². The molecule has 0 bridgehead atoms. The van der Waals surface area contributed by atoms with Gasteiger partial charge in [-0.3, -0.25) is 4.79 Å². The molecule has 90 valence electrons. The Labute approximate surface area is 103 Å². The Hall–Kier alpha value is -1.62. The molecular formula is C12H13NO3S. The molecule has 0 saturated heterocycles. The highest BCUT2D eigenvalue weighted by Gasteiger charge is 2.31. The molecule has 1 fully saturated rings. The molecule has 1 aliphatic carbocycles. The quantitative estimate of drug-likeness (QED) is 0.813. The summed E-state index contributed by atoms with van der Waals surface area (Å²) in [5.41, 5.74) is 1.10. The SMILES string of the molecule is O=C(O)C=CC(=O)N(Cc1ccsc1)C1CC1. The normalized spacial score (nSPS) is 15.1. The van der Waals surface area contributed by atoms with Crippen molar-refractivity contribution in [3.63, 3.8) is 0 Å². The lowest BCUT2D eigenvalue weighted by Crippen LogP contribution is -2.31. The molecule has 1 heterocycles. The molecule has 2 rings (SSSR count). The molecule has 1 saturated carbocycles. The molecular weight excluding hydrogens is 238 g/mol. The van der Waals surface area contributed by atoms with E-state index in [9.17, 15) is 9.59 Å².